The zero-order valence-electron chi connectivity index (χ0n) is 24.6. The number of hydrogen-bond donors (Lipinski definition) is 0. The van der Waals surface area contributed by atoms with Crippen molar-refractivity contribution in [2.45, 2.75) is 25.7 Å². The minimum atomic E-state index is 1.11. The van der Waals surface area contributed by atoms with Crippen molar-refractivity contribution in [1.82, 2.24) is 9.13 Å². The van der Waals surface area contributed by atoms with Crippen LogP contribution in [-0.4, -0.2) is 9.13 Å². The van der Waals surface area contributed by atoms with E-state index in [0.717, 1.165) is 12.8 Å². The number of fused-ring (bicyclic) bond motifs is 7. The van der Waals surface area contributed by atoms with Gasteiger partial charge in [0.25, 0.3) is 0 Å². The maximum atomic E-state index is 2.59. The lowest BCUT2D eigenvalue weighted by atomic mass is 9.95. The Kier molecular flexibility index (Phi) is 5.80. The molecule has 0 radical (unpaired) electrons. The standard InChI is InChI=1S/C42H32N2/c1-3-11-29(12-4-1)31-19-23-33(24-20-31)43-39-17-9-7-15-35(39)37-27-28-38-36-16-8-10-18-40(36)44(42(38)41(37)43)34-25-21-32(22-26-34)30-13-5-2-6-14-30/h1-7,9,11-15,17,19-28H,8,10,16,18H2. The average Bonchev–Trinajstić information content (AvgIpc) is 3.62. The van der Waals surface area contributed by atoms with Gasteiger partial charge in [-0.25, -0.2) is 0 Å². The molecule has 0 fully saturated rings. The molecule has 0 amide bonds. The summed E-state index contributed by atoms with van der Waals surface area (Å²) in [6.45, 7) is 0. The number of rotatable bonds is 4. The molecule has 1 aliphatic rings. The van der Waals surface area contributed by atoms with Crippen LogP contribution in [0.3, 0.4) is 0 Å². The third-order valence-corrected chi connectivity index (χ3v) is 9.53. The molecule has 8 aromatic rings. The molecule has 2 nitrogen and oxygen atoms in total. The Morgan fingerprint density at radius 1 is 0.364 bits per heavy atom. The van der Waals surface area contributed by atoms with E-state index in [2.05, 4.69) is 155 Å². The van der Waals surface area contributed by atoms with Crippen LogP contribution < -0.4 is 0 Å². The normalized spacial score (nSPS) is 13.1. The van der Waals surface area contributed by atoms with Crippen LogP contribution >= 0.6 is 0 Å². The smallest absolute Gasteiger partial charge is 0.0788 e. The summed E-state index contributed by atoms with van der Waals surface area (Å²) in [5, 5.41) is 3.99. The first-order chi connectivity index (χ1) is 21.8. The molecular formula is C42H32N2. The van der Waals surface area contributed by atoms with E-state index in [1.165, 1.54) is 90.4 Å². The van der Waals surface area contributed by atoms with E-state index >= 15 is 0 Å². The lowest BCUT2D eigenvalue weighted by molar-refractivity contribution is 0.667. The fourth-order valence-electron chi connectivity index (χ4n) is 7.49. The van der Waals surface area contributed by atoms with E-state index in [4.69, 9.17) is 0 Å². The van der Waals surface area contributed by atoms with Gasteiger partial charge < -0.3 is 9.13 Å². The highest BCUT2D eigenvalue weighted by atomic mass is 15.1. The van der Waals surface area contributed by atoms with Gasteiger partial charge in [0, 0.05) is 33.2 Å². The van der Waals surface area contributed by atoms with Gasteiger partial charge in [0.2, 0.25) is 0 Å². The lowest BCUT2D eigenvalue weighted by Crippen LogP contribution is -2.07. The molecule has 0 saturated carbocycles. The molecule has 0 unspecified atom stereocenters. The highest BCUT2D eigenvalue weighted by Gasteiger charge is 2.25. The Morgan fingerprint density at radius 2 is 0.864 bits per heavy atom. The molecule has 9 rings (SSSR count). The van der Waals surface area contributed by atoms with Gasteiger partial charge in [0.05, 0.1) is 16.6 Å². The van der Waals surface area contributed by atoms with Crippen molar-refractivity contribution in [1.29, 1.82) is 0 Å². The van der Waals surface area contributed by atoms with Gasteiger partial charge in [-0.3, -0.25) is 0 Å². The molecule has 0 atom stereocenters. The summed E-state index contributed by atoms with van der Waals surface area (Å²) in [5.41, 5.74) is 14.3. The number of hydrogen-bond acceptors (Lipinski definition) is 0. The summed E-state index contributed by atoms with van der Waals surface area (Å²) < 4.78 is 5.09. The van der Waals surface area contributed by atoms with E-state index in [0.29, 0.717) is 0 Å². The molecular weight excluding hydrogens is 532 g/mol. The maximum Gasteiger partial charge on any atom is 0.0788 e. The molecule has 0 N–H and O–H groups in total. The summed E-state index contributed by atoms with van der Waals surface area (Å²) in [5.74, 6) is 0. The van der Waals surface area contributed by atoms with Crippen molar-refractivity contribution >= 4 is 32.7 Å². The fourth-order valence-corrected chi connectivity index (χ4v) is 7.49. The highest BCUT2D eigenvalue weighted by molar-refractivity contribution is 6.19. The third-order valence-electron chi connectivity index (χ3n) is 9.53. The van der Waals surface area contributed by atoms with E-state index in [1.807, 2.05) is 0 Å². The van der Waals surface area contributed by atoms with Crippen molar-refractivity contribution in [2.75, 3.05) is 0 Å². The average molecular weight is 565 g/mol. The number of benzene rings is 6. The van der Waals surface area contributed by atoms with Gasteiger partial charge in [-0.15, -0.1) is 0 Å². The predicted molar refractivity (Wildman–Crippen MR) is 185 cm³/mol. The predicted octanol–water partition coefficient (Wildman–Crippen LogP) is 10.9. The summed E-state index contributed by atoms with van der Waals surface area (Å²) in [6.07, 6.45) is 4.73. The van der Waals surface area contributed by atoms with Crippen LogP contribution in [-0.2, 0) is 12.8 Å². The molecule has 44 heavy (non-hydrogen) atoms. The second kappa shape index (κ2) is 10.1. The van der Waals surface area contributed by atoms with Crippen molar-refractivity contribution < 1.29 is 0 Å². The van der Waals surface area contributed by atoms with Gasteiger partial charge in [-0.1, -0.05) is 115 Å². The Hall–Kier alpha value is -5.34. The molecule has 2 aromatic heterocycles. The lowest BCUT2D eigenvalue weighted by Gasteiger charge is -2.17. The van der Waals surface area contributed by atoms with Crippen molar-refractivity contribution in [2.24, 2.45) is 0 Å². The first-order valence-corrected chi connectivity index (χ1v) is 15.8. The summed E-state index contributed by atoms with van der Waals surface area (Å²) in [4.78, 5) is 0. The third kappa shape index (κ3) is 3.88. The molecule has 0 bridgehead atoms. The molecule has 2 heteroatoms. The first-order valence-electron chi connectivity index (χ1n) is 15.8. The molecule has 0 spiro atoms. The topological polar surface area (TPSA) is 9.86 Å². The van der Waals surface area contributed by atoms with E-state index in [9.17, 15) is 0 Å². The highest BCUT2D eigenvalue weighted by Crippen LogP contribution is 2.42. The summed E-state index contributed by atoms with van der Waals surface area (Å²) >= 11 is 0. The summed E-state index contributed by atoms with van der Waals surface area (Å²) in [7, 11) is 0. The SMILES string of the molecule is c1ccc(-c2ccc(-n3c4c(c5ccc6c7ccccc7n(-c7ccc(-c8ccccc8)cc7)c6c53)CCCC4)cc2)cc1. The van der Waals surface area contributed by atoms with Crippen molar-refractivity contribution in [3.8, 4) is 33.6 Å². The van der Waals surface area contributed by atoms with Crippen LogP contribution in [0.5, 0.6) is 0 Å². The van der Waals surface area contributed by atoms with Crippen LogP contribution in [0, 0.1) is 0 Å². The van der Waals surface area contributed by atoms with E-state index < -0.39 is 0 Å². The molecule has 1 aliphatic carbocycles. The van der Waals surface area contributed by atoms with Gasteiger partial charge in [0.15, 0.2) is 0 Å². The van der Waals surface area contributed by atoms with Crippen LogP contribution in [0.4, 0.5) is 0 Å². The number of para-hydroxylation sites is 1. The van der Waals surface area contributed by atoms with Crippen LogP contribution in [0.25, 0.3) is 66.3 Å². The van der Waals surface area contributed by atoms with Gasteiger partial charge in [-0.2, -0.15) is 0 Å². The van der Waals surface area contributed by atoms with Gasteiger partial charge >= 0.3 is 0 Å². The van der Waals surface area contributed by atoms with E-state index in [-0.39, 0.29) is 0 Å². The number of aryl methyl sites for hydroxylation is 1. The van der Waals surface area contributed by atoms with Crippen molar-refractivity contribution in [3.05, 3.63) is 157 Å². The molecule has 210 valence electrons. The minimum Gasteiger partial charge on any atom is -0.311 e. The second-order valence-electron chi connectivity index (χ2n) is 12.0. The second-order valence-corrected chi connectivity index (χ2v) is 12.0. The fraction of sp³-hybridized carbons (Fsp3) is 0.0952. The Bertz CT molecular complexity index is 2290. The van der Waals surface area contributed by atoms with Crippen LogP contribution in [0.1, 0.15) is 24.1 Å². The zero-order chi connectivity index (χ0) is 29.0. The van der Waals surface area contributed by atoms with E-state index in [1.54, 1.807) is 0 Å². The zero-order valence-corrected chi connectivity index (χ0v) is 24.6. The van der Waals surface area contributed by atoms with Crippen LogP contribution in [0.15, 0.2) is 146 Å². The van der Waals surface area contributed by atoms with Crippen LogP contribution in [0.2, 0.25) is 0 Å². The Labute approximate surface area is 257 Å². The number of nitrogens with zero attached hydrogens (tertiary/aromatic N) is 2. The minimum absolute atomic E-state index is 1.11. The Morgan fingerprint density at radius 3 is 1.52 bits per heavy atom. The molecule has 0 aliphatic heterocycles. The number of aromatic nitrogens is 2. The Balaban J connectivity index is 1.33. The molecule has 0 saturated heterocycles. The summed E-state index contributed by atoms with van der Waals surface area (Å²) in [6, 6.07) is 53.3. The molecule has 2 heterocycles. The first kappa shape index (κ1) is 25.2. The monoisotopic (exact) mass is 564 g/mol. The quantitative estimate of drug-likeness (QED) is 0.201. The van der Waals surface area contributed by atoms with Gasteiger partial charge in [-0.05, 0) is 83.8 Å². The molecule has 6 aromatic carbocycles. The van der Waals surface area contributed by atoms with Crippen molar-refractivity contribution in [3.63, 3.8) is 0 Å². The van der Waals surface area contributed by atoms with Gasteiger partial charge in [0.1, 0.15) is 0 Å². The maximum absolute atomic E-state index is 2.59. The largest absolute Gasteiger partial charge is 0.311 e.